The molecule has 0 spiro atoms. The largest absolute Gasteiger partial charge is 0.394 e. The Morgan fingerprint density at radius 1 is 1.26 bits per heavy atom. The number of aliphatic hydroxyl groups excluding tert-OH is 4. The molecule has 1 aromatic rings. The zero-order valence-corrected chi connectivity index (χ0v) is 14.0. The summed E-state index contributed by atoms with van der Waals surface area (Å²) in [6, 6.07) is 0. The first-order valence-corrected chi connectivity index (χ1v) is 8.26. The van der Waals surface area contributed by atoms with Crippen molar-refractivity contribution in [1.29, 1.82) is 0 Å². The van der Waals surface area contributed by atoms with Crippen LogP contribution in [0.3, 0.4) is 0 Å². The van der Waals surface area contributed by atoms with Crippen LogP contribution in [0.5, 0.6) is 0 Å². The molecule has 13 nitrogen and oxygen atoms in total. The summed E-state index contributed by atoms with van der Waals surface area (Å²) < 4.78 is 16.2. The molecule has 0 aromatic carbocycles. The van der Waals surface area contributed by atoms with Crippen molar-refractivity contribution in [1.82, 2.24) is 14.5 Å². The van der Waals surface area contributed by atoms with Crippen LogP contribution in [0, 0.1) is 0 Å². The monoisotopic (exact) mass is 386 g/mol. The van der Waals surface area contributed by atoms with Crippen molar-refractivity contribution in [2.24, 2.45) is 4.99 Å². The Morgan fingerprint density at radius 2 is 2.04 bits per heavy atom. The first-order valence-electron chi connectivity index (χ1n) is 8.26. The molecule has 0 amide bonds. The Labute approximate surface area is 151 Å². The van der Waals surface area contributed by atoms with E-state index in [2.05, 4.69) is 15.0 Å². The van der Waals surface area contributed by atoms with Gasteiger partial charge in [0.15, 0.2) is 12.4 Å². The van der Waals surface area contributed by atoms with E-state index < -0.39 is 60.3 Å². The maximum absolute atomic E-state index is 12.2. The highest BCUT2D eigenvalue weighted by Crippen LogP contribution is 2.44. The lowest BCUT2D eigenvalue weighted by Crippen LogP contribution is -2.66. The summed E-state index contributed by atoms with van der Waals surface area (Å²) in [5, 5.41) is 39.5. The molecule has 1 unspecified atom stereocenters. The van der Waals surface area contributed by atoms with E-state index in [4.69, 9.17) is 19.9 Å². The van der Waals surface area contributed by atoms with Crippen LogP contribution in [-0.4, -0.2) is 93.6 Å². The second-order valence-corrected chi connectivity index (χ2v) is 6.47. The van der Waals surface area contributed by atoms with Gasteiger partial charge in [0.05, 0.1) is 13.2 Å². The molecule has 0 saturated carbocycles. The third-order valence-corrected chi connectivity index (χ3v) is 4.94. The Kier molecular flexibility index (Phi) is 4.48. The Balaban J connectivity index is 1.85. The van der Waals surface area contributed by atoms with Gasteiger partial charge in [-0.05, 0) is 0 Å². The van der Waals surface area contributed by atoms with Gasteiger partial charge in [0.1, 0.15) is 18.8 Å². The normalized spacial score (nSPS) is 40.6. The van der Waals surface area contributed by atoms with Crippen molar-refractivity contribution in [3.63, 3.8) is 0 Å². The minimum absolute atomic E-state index is 0.0401. The van der Waals surface area contributed by atoms with Crippen LogP contribution in [0.4, 0.5) is 17.5 Å². The number of fused-ring (bicyclic) bond motifs is 1. The van der Waals surface area contributed by atoms with Gasteiger partial charge in [-0.15, -0.1) is 0 Å². The van der Waals surface area contributed by atoms with Gasteiger partial charge < -0.3 is 35.6 Å². The van der Waals surface area contributed by atoms with Gasteiger partial charge in [0, 0.05) is 0 Å². The van der Waals surface area contributed by atoms with Gasteiger partial charge in [0.25, 0.3) is 11.4 Å². The number of aromatic amines is 1. The average molecular weight is 386 g/mol. The van der Waals surface area contributed by atoms with Gasteiger partial charge in [0.2, 0.25) is 30.4 Å². The number of nitrogen functional groups attached to an aromatic ring is 1. The fraction of sp³-hybridized carbons (Fsp3) is 0.643. The predicted molar refractivity (Wildman–Crippen MR) is 88.7 cm³/mol. The quantitative estimate of drug-likeness (QED) is 0.282. The molecule has 3 aliphatic rings. The number of anilines is 1. The summed E-state index contributed by atoms with van der Waals surface area (Å²) >= 11 is 0. The summed E-state index contributed by atoms with van der Waals surface area (Å²) in [7, 11) is 0. The van der Waals surface area contributed by atoms with Crippen LogP contribution in [-0.2, 0) is 14.2 Å². The molecule has 7 atom stereocenters. The maximum Gasteiger partial charge on any atom is 0.284 e. The first kappa shape index (κ1) is 18.4. The number of rotatable bonds is 4. The molecule has 27 heavy (non-hydrogen) atoms. The van der Waals surface area contributed by atoms with Crippen molar-refractivity contribution >= 4 is 23.8 Å². The van der Waals surface area contributed by atoms with Gasteiger partial charge >= 0.3 is 0 Å². The first-order chi connectivity index (χ1) is 12.9. The summed E-state index contributed by atoms with van der Waals surface area (Å²) in [6.07, 6.45) is -5.68. The second-order valence-electron chi connectivity index (χ2n) is 6.47. The number of nitrogens with zero attached hydrogens (tertiary/aromatic N) is 3. The average Bonchev–Trinajstić information content (AvgIpc) is 3.33. The molecule has 0 aliphatic carbocycles. The van der Waals surface area contributed by atoms with E-state index in [0.29, 0.717) is 0 Å². The van der Waals surface area contributed by atoms with Crippen molar-refractivity contribution in [3.05, 3.63) is 10.4 Å². The van der Waals surface area contributed by atoms with E-state index in [1.165, 1.54) is 6.34 Å². The zero-order valence-electron chi connectivity index (χ0n) is 14.0. The van der Waals surface area contributed by atoms with E-state index in [1.807, 2.05) is 0 Å². The summed E-state index contributed by atoms with van der Waals surface area (Å²) in [6.45, 7) is -0.996. The number of aromatic nitrogens is 2. The number of aliphatic imine (C=N–C) groups is 1. The highest BCUT2D eigenvalue weighted by Gasteiger charge is 2.63. The van der Waals surface area contributed by atoms with Crippen LogP contribution in [0.2, 0.25) is 0 Å². The summed E-state index contributed by atoms with van der Waals surface area (Å²) in [4.78, 5) is 22.8. The van der Waals surface area contributed by atoms with Crippen LogP contribution >= 0.6 is 0 Å². The van der Waals surface area contributed by atoms with E-state index >= 15 is 0 Å². The van der Waals surface area contributed by atoms with E-state index in [1.54, 1.807) is 0 Å². The van der Waals surface area contributed by atoms with Crippen molar-refractivity contribution in [2.75, 3.05) is 25.6 Å². The molecule has 7 N–H and O–H groups in total. The van der Waals surface area contributed by atoms with E-state index in [-0.39, 0.29) is 24.1 Å². The van der Waals surface area contributed by atoms with Crippen LogP contribution in [0.1, 0.15) is 0 Å². The predicted octanol–water partition coefficient (Wildman–Crippen LogP) is -3.54. The highest BCUT2D eigenvalue weighted by molar-refractivity contribution is 5.87. The number of H-pyrrole nitrogens is 1. The minimum atomic E-state index is -1.46. The van der Waals surface area contributed by atoms with Gasteiger partial charge in [-0.3, -0.25) is 14.5 Å². The van der Waals surface area contributed by atoms with E-state index in [0.717, 1.165) is 0 Å². The molecular formula is C14H20N5O8+. The minimum Gasteiger partial charge on any atom is -0.394 e. The molecule has 3 aliphatic heterocycles. The Bertz CT molecular complexity index is 817. The third kappa shape index (κ3) is 2.60. The highest BCUT2D eigenvalue weighted by atomic mass is 16.7. The van der Waals surface area contributed by atoms with Gasteiger partial charge in [-0.25, -0.2) is 0 Å². The molecule has 4 heterocycles. The van der Waals surface area contributed by atoms with Gasteiger partial charge in [-0.1, -0.05) is 0 Å². The molecule has 4 rings (SSSR count). The van der Waals surface area contributed by atoms with Crippen molar-refractivity contribution in [2.45, 2.75) is 37.1 Å². The number of quaternary nitrogens is 1. The molecule has 13 heteroatoms. The van der Waals surface area contributed by atoms with Gasteiger partial charge in [-0.2, -0.15) is 14.5 Å². The SMILES string of the molecule is Nc1nc2c(c(=O)[nH]1)N=C[N+]2([C@@H]1O[C@H](CO)[C@@H](O)[C@H]1O)[C@H]1CO[C@H](CO)O1. The molecule has 2 fully saturated rings. The fourth-order valence-electron chi connectivity index (χ4n) is 3.62. The molecule has 148 valence electrons. The smallest absolute Gasteiger partial charge is 0.284 e. The second kappa shape index (κ2) is 6.57. The molecule has 0 bridgehead atoms. The Morgan fingerprint density at radius 3 is 2.67 bits per heavy atom. The van der Waals surface area contributed by atoms with Crippen LogP contribution < -0.4 is 15.8 Å². The molecule has 1 aromatic heterocycles. The lowest BCUT2D eigenvalue weighted by molar-refractivity contribution is -0.143. The van der Waals surface area contributed by atoms with Crippen LogP contribution in [0.25, 0.3) is 0 Å². The fourth-order valence-corrected chi connectivity index (χ4v) is 3.62. The summed E-state index contributed by atoms with van der Waals surface area (Å²) in [5.74, 6) is -0.144. The van der Waals surface area contributed by atoms with Crippen molar-refractivity contribution in [3.8, 4) is 0 Å². The number of nitrogens with one attached hydrogen (secondary N) is 1. The number of hydrogen-bond acceptors (Lipinski definition) is 11. The van der Waals surface area contributed by atoms with Crippen molar-refractivity contribution < 1.29 is 34.6 Å². The maximum atomic E-state index is 12.2. The molecule has 2 saturated heterocycles. The lowest BCUT2D eigenvalue weighted by atomic mass is 10.1. The Hall–Kier alpha value is -1.97. The number of aliphatic hydroxyl groups is 4. The summed E-state index contributed by atoms with van der Waals surface area (Å²) in [5.41, 5.74) is 5.03. The topological polar surface area (TPSA) is 193 Å². The number of hydrogen-bond donors (Lipinski definition) is 6. The lowest BCUT2D eigenvalue weighted by Gasteiger charge is -2.38. The molecular weight excluding hydrogens is 366 g/mol. The zero-order chi connectivity index (χ0) is 19.3. The van der Waals surface area contributed by atoms with E-state index in [9.17, 15) is 25.2 Å². The standard InChI is InChI=1S/C14H19N5O8/c15-14-17-11-8(12(24)18-14)16-4-19(11,6-3-25-7(2-21)27-6)13-10(23)9(22)5(1-20)26-13/h4-7,9-10,13,20-23H,1-3H2,(H2-,15,17,18,24)/p+1/t5-,6-,7+,9-,10-,13-,19?/m1/s1. The third-order valence-electron chi connectivity index (χ3n) is 4.94. The van der Waals surface area contributed by atoms with Crippen LogP contribution in [0.15, 0.2) is 9.79 Å². The molecule has 0 radical (unpaired) electrons. The number of ether oxygens (including phenoxy) is 3. The number of nitrogens with two attached hydrogens (primary N) is 1.